The van der Waals surface area contributed by atoms with Crippen molar-refractivity contribution in [3.63, 3.8) is 0 Å². The first-order valence-electron chi connectivity index (χ1n) is 7.05. The summed E-state index contributed by atoms with van der Waals surface area (Å²) >= 11 is -0.353. The van der Waals surface area contributed by atoms with Gasteiger partial charge in [-0.1, -0.05) is 0 Å². The zero-order chi connectivity index (χ0) is 13.7. The Kier molecular flexibility index (Phi) is 4.50. The zero-order valence-corrected chi connectivity index (χ0v) is 14.3. The van der Waals surface area contributed by atoms with Gasteiger partial charge in [0.05, 0.1) is 0 Å². The summed E-state index contributed by atoms with van der Waals surface area (Å²) in [5.41, 5.74) is 0. The van der Waals surface area contributed by atoms with E-state index in [1.165, 1.54) is 10.9 Å². The molecule has 1 saturated heterocycles. The van der Waals surface area contributed by atoms with E-state index in [9.17, 15) is 0 Å². The third-order valence-corrected chi connectivity index (χ3v) is 7.67. The van der Waals surface area contributed by atoms with E-state index in [0.717, 1.165) is 22.4 Å². The Morgan fingerprint density at radius 1 is 0.800 bits per heavy atom. The van der Waals surface area contributed by atoms with Crippen LogP contribution in [0.25, 0.3) is 0 Å². The summed E-state index contributed by atoms with van der Waals surface area (Å²) < 4.78 is 15.1. The quantitative estimate of drug-likeness (QED) is 0.592. The van der Waals surface area contributed by atoms with Crippen molar-refractivity contribution in [1.29, 1.82) is 0 Å². The van der Waals surface area contributed by atoms with Gasteiger partial charge in [-0.25, -0.2) is 0 Å². The fourth-order valence-corrected chi connectivity index (χ4v) is 6.18. The molecule has 102 valence electrons. The molecule has 1 aliphatic heterocycles. The number of ether oxygens (including phenoxy) is 2. The van der Waals surface area contributed by atoms with Gasteiger partial charge in [0, 0.05) is 0 Å². The monoisotopic (exact) mass is 374 g/mol. The molecular weight excluding hydrogens is 355 g/mol. The molecule has 2 aromatic carbocycles. The van der Waals surface area contributed by atoms with E-state index >= 15 is 0 Å². The first kappa shape index (κ1) is 13.8. The van der Waals surface area contributed by atoms with Gasteiger partial charge in [0.15, 0.2) is 0 Å². The summed E-state index contributed by atoms with van der Waals surface area (Å²) in [7, 11) is 0. The first-order valence-corrected chi connectivity index (χ1v) is 11.1. The van der Waals surface area contributed by atoms with Crippen LogP contribution in [0.4, 0.5) is 0 Å². The van der Waals surface area contributed by atoms with Crippen LogP contribution in [0, 0.1) is 0 Å². The van der Waals surface area contributed by atoms with Gasteiger partial charge in [0.2, 0.25) is 0 Å². The summed E-state index contributed by atoms with van der Waals surface area (Å²) in [4.78, 5) is 0. The van der Waals surface area contributed by atoms with Gasteiger partial charge >= 0.3 is 130 Å². The Labute approximate surface area is 130 Å². The standard InChI is InChI=1S/C17H18O2.Sn/c1-3-14-17(2,18-15-10-6-4-7-11-15)19-16-12-8-5-9-13-16;/h4-13H,1-3,14H2;. The van der Waals surface area contributed by atoms with Crippen molar-refractivity contribution in [1.82, 2.24) is 0 Å². The first-order chi connectivity index (χ1) is 9.86. The Morgan fingerprint density at radius 3 is 1.80 bits per heavy atom. The SMILES string of the molecule is c1ccc(OC2(Oc3ccccc3)CC[CH2][Sn][CH2]2)cc1. The van der Waals surface area contributed by atoms with E-state index < -0.39 is 5.79 Å². The van der Waals surface area contributed by atoms with Crippen LogP contribution in [0.2, 0.25) is 8.87 Å². The minimum atomic E-state index is -0.437. The van der Waals surface area contributed by atoms with E-state index in [1.54, 1.807) is 0 Å². The van der Waals surface area contributed by atoms with Gasteiger partial charge in [-0.3, -0.25) is 0 Å². The third-order valence-electron chi connectivity index (χ3n) is 3.40. The maximum absolute atomic E-state index is 6.27. The number of hydrogen-bond donors (Lipinski definition) is 0. The molecule has 0 aliphatic carbocycles. The normalized spacial score (nSPS) is 17.4. The van der Waals surface area contributed by atoms with Crippen molar-refractivity contribution >= 4 is 21.1 Å². The second-order valence-electron chi connectivity index (χ2n) is 5.02. The second kappa shape index (κ2) is 6.53. The number of para-hydroxylation sites is 2. The zero-order valence-electron chi connectivity index (χ0n) is 11.4. The van der Waals surface area contributed by atoms with Crippen molar-refractivity contribution in [3.05, 3.63) is 60.7 Å². The molecule has 0 aromatic heterocycles. The maximum atomic E-state index is 6.27. The van der Waals surface area contributed by atoms with Gasteiger partial charge in [0.25, 0.3) is 0 Å². The van der Waals surface area contributed by atoms with Crippen molar-refractivity contribution < 1.29 is 9.47 Å². The van der Waals surface area contributed by atoms with Crippen LogP contribution in [0.3, 0.4) is 0 Å². The molecule has 2 nitrogen and oxygen atoms in total. The molecule has 0 N–H and O–H groups in total. The molecule has 0 spiro atoms. The molecule has 3 rings (SSSR count). The topological polar surface area (TPSA) is 18.5 Å². The fourth-order valence-electron chi connectivity index (χ4n) is 2.45. The molecule has 1 fully saturated rings. The second-order valence-corrected chi connectivity index (χ2v) is 8.88. The molecule has 2 aromatic rings. The van der Waals surface area contributed by atoms with E-state index in [0.29, 0.717) is 0 Å². The predicted octanol–water partition coefficient (Wildman–Crippen LogP) is 4.18. The van der Waals surface area contributed by atoms with E-state index in [2.05, 4.69) is 0 Å². The average molecular weight is 373 g/mol. The van der Waals surface area contributed by atoms with Crippen molar-refractivity contribution in [2.45, 2.75) is 27.5 Å². The van der Waals surface area contributed by atoms with Gasteiger partial charge in [-0.15, -0.1) is 0 Å². The van der Waals surface area contributed by atoms with Crippen LogP contribution in [0.15, 0.2) is 60.7 Å². The predicted molar refractivity (Wildman–Crippen MR) is 81.5 cm³/mol. The number of rotatable bonds is 4. The Balaban J connectivity index is 1.81. The van der Waals surface area contributed by atoms with Crippen LogP contribution < -0.4 is 9.47 Å². The summed E-state index contributed by atoms with van der Waals surface area (Å²) in [6.07, 6.45) is 2.21. The van der Waals surface area contributed by atoms with Crippen LogP contribution in [-0.2, 0) is 0 Å². The van der Waals surface area contributed by atoms with Crippen molar-refractivity contribution in [3.8, 4) is 11.5 Å². The molecule has 0 unspecified atom stereocenters. The molecule has 20 heavy (non-hydrogen) atoms. The van der Waals surface area contributed by atoms with Crippen LogP contribution in [-0.4, -0.2) is 26.9 Å². The molecule has 0 amide bonds. The van der Waals surface area contributed by atoms with E-state index in [4.69, 9.17) is 9.47 Å². The molecule has 0 saturated carbocycles. The molecule has 3 heteroatoms. The average Bonchev–Trinajstić information content (AvgIpc) is 2.50. The third kappa shape index (κ3) is 3.48. The van der Waals surface area contributed by atoms with Gasteiger partial charge < -0.3 is 0 Å². The van der Waals surface area contributed by atoms with Gasteiger partial charge in [-0.05, 0) is 0 Å². The van der Waals surface area contributed by atoms with E-state index in [-0.39, 0.29) is 21.1 Å². The van der Waals surface area contributed by atoms with Crippen LogP contribution in [0.1, 0.15) is 12.8 Å². The summed E-state index contributed by atoms with van der Waals surface area (Å²) in [5.74, 6) is 1.38. The van der Waals surface area contributed by atoms with Crippen molar-refractivity contribution in [2.75, 3.05) is 0 Å². The number of hydrogen-bond acceptors (Lipinski definition) is 2. The Morgan fingerprint density at radius 2 is 1.35 bits per heavy atom. The van der Waals surface area contributed by atoms with Crippen LogP contribution in [0.5, 0.6) is 11.5 Å². The minimum absolute atomic E-state index is 0.353. The van der Waals surface area contributed by atoms with Gasteiger partial charge in [0.1, 0.15) is 0 Å². The fraction of sp³-hybridized carbons (Fsp3) is 0.294. The summed E-state index contributed by atoms with van der Waals surface area (Å²) in [6, 6.07) is 20.1. The Bertz CT molecular complexity index is 478. The Hall–Kier alpha value is -1.16. The van der Waals surface area contributed by atoms with Gasteiger partial charge in [-0.2, -0.15) is 0 Å². The molecule has 1 heterocycles. The molecule has 0 bridgehead atoms. The molecule has 0 atom stereocenters. The van der Waals surface area contributed by atoms with Crippen LogP contribution >= 0.6 is 0 Å². The summed E-state index contributed by atoms with van der Waals surface area (Å²) in [5, 5.41) is 0. The molecule has 1 aliphatic rings. The van der Waals surface area contributed by atoms with Crippen molar-refractivity contribution in [2.24, 2.45) is 0 Å². The summed E-state index contributed by atoms with van der Waals surface area (Å²) in [6.45, 7) is 0. The molecular formula is C17H18O2Sn. The number of benzene rings is 2. The van der Waals surface area contributed by atoms with E-state index in [1.807, 2.05) is 60.7 Å². The molecule has 2 radical (unpaired) electrons.